The molecule has 0 radical (unpaired) electrons. The number of imidazole rings is 1. The van der Waals surface area contributed by atoms with Crippen molar-refractivity contribution in [1.82, 2.24) is 19.5 Å². The zero-order valence-corrected chi connectivity index (χ0v) is 11.0. The fourth-order valence-corrected chi connectivity index (χ4v) is 3.03. The van der Waals surface area contributed by atoms with Gasteiger partial charge in [0.05, 0.1) is 18.5 Å². The SMILES string of the molecule is Nc1ncnc2c1ncn2[C@@H]1C[C@H](CS)C(O)C1O. The van der Waals surface area contributed by atoms with Crippen LogP contribution in [-0.2, 0) is 0 Å². The van der Waals surface area contributed by atoms with Gasteiger partial charge in [0.15, 0.2) is 11.5 Å². The number of nitrogens with two attached hydrogens (primary N) is 1. The zero-order valence-electron chi connectivity index (χ0n) is 10.1. The van der Waals surface area contributed by atoms with E-state index in [1.807, 2.05) is 0 Å². The molecular formula is C11H15N5O2S. The second-order valence-electron chi connectivity index (χ2n) is 4.81. The summed E-state index contributed by atoms with van der Waals surface area (Å²) in [6.07, 6.45) is 1.94. The normalized spacial score (nSPS) is 31.1. The first-order chi connectivity index (χ1) is 9.13. The molecule has 0 amide bonds. The van der Waals surface area contributed by atoms with Crippen molar-refractivity contribution >= 4 is 29.6 Å². The van der Waals surface area contributed by atoms with Crippen molar-refractivity contribution in [2.24, 2.45) is 5.92 Å². The number of nitrogen functional groups attached to an aromatic ring is 1. The first-order valence-corrected chi connectivity index (χ1v) is 6.66. The summed E-state index contributed by atoms with van der Waals surface area (Å²) in [5.74, 6) is 0.792. The highest BCUT2D eigenvalue weighted by Crippen LogP contribution is 2.37. The minimum absolute atomic E-state index is 0.0417. The lowest BCUT2D eigenvalue weighted by Gasteiger charge is -2.18. The number of rotatable bonds is 2. The number of thiol groups is 1. The number of aliphatic hydroxyl groups is 2. The molecule has 102 valence electrons. The Morgan fingerprint density at radius 1 is 1.32 bits per heavy atom. The van der Waals surface area contributed by atoms with Crippen LogP contribution in [0.3, 0.4) is 0 Å². The van der Waals surface area contributed by atoms with Crippen molar-refractivity contribution in [3.05, 3.63) is 12.7 Å². The summed E-state index contributed by atoms with van der Waals surface area (Å²) >= 11 is 4.20. The second kappa shape index (κ2) is 4.62. The molecule has 2 aromatic rings. The quantitative estimate of drug-likeness (QED) is 0.559. The Morgan fingerprint density at radius 2 is 2.11 bits per heavy atom. The van der Waals surface area contributed by atoms with Gasteiger partial charge in [-0.1, -0.05) is 0 Å². The molecule has 0 spiro atoms. The predicted molar refractivity (Wildman–Crippen MR) is 72.7 cm³/mol. The Morgan fingerprint density at radius 3 is 2.79 bits per heavy atom. The van der Waals surface area contributed by atoms with Crippen LogP contribution < -0.4 is 5.73 Å². The number of aliphatic hydroxyl groups excluding tert-OH is 2. The minimum Gasteiger partial charge on any atom is -0.390 e. The van der Waals surface area contributed by atoms with Crippen molar-refractivity contribution in [2.75, 3.05) is 11.5 Å². The van der Waals surface area contributed by atoms with Gasteiger partial charge in [-0.3, -0.25) is 0 Å². The molecule has 3 rings (SSSR count). The van der Waals surface area contributed by atoms with E-state index in [0.29, 0.717) is 29.2 Å². The van der Waals surface area contributed by atoms with Crippen molar-refractivity contribution in [1.29, 1.82) is 0 Å². The maximum absolute atomic E-state index is 10.2. The largest absolute Gasteiger partial charge is 0.390 e. The van der Waals surface area contributed by atoms with Gasteiger partial charge < -0.3 is 20.5 Å². The maximum atomic E-state index is 10.2. The number of hydrogen-bond donors (Lipinski definition) is 4. The lowest BCUT2D eigenvalue weighted by atomic mass is 10.1. The highest BCUT2D eigenvalue weighted by molar-refractivity contribution is 7.80. The summed E-state index contributed by atoms with van der Waals surface area (Å²) < 4.78 is 1.75. The third-order valence-electron chi connectivity index (χ3n) is 3.75. The van der Waals surface area contributed by atoms with Crippen LogP contribution in [0, 0.1) is 5.92 Å². The first-order valence-electron chi connectivity index (χ1n) is 6.03. The fourth-order valence-electron chi connectivity index (χ4n) is 2.67. The monoisotopic (exact) mass is 281 g/mol. The van der Waals surface area contributed by atoms with Gasteiger partial charge in [0.1, 0.15) is 17.9 Å². The van der Waals surface area contributed by atoms with Crippen molar-refractivity contribution < 1.29 is 10.2 Å². The fraction of sp³-hybridized carbons (Fsp3) is 0.545. The van der Waals surface area contributed by atoms with E-state index in [1.54, 1.807) is 10.9 Å². The molecule has 1 saturated carbocycles. The van der Waals surface area contributed by atoms with Crippen molar-refractivity contribution in [3.63, 3.8) is 0 Å². The van der Waals surface area contributed by atoms with Crippen LogP contribution in [0.5, 0.6) is 0 Å². The zero-order chi connectivity index (χ0) is 13.6. The summed E-state index contributed by atoms with van der Waals surface area (Å²) in [6.45, 7) is 0. The molecule has 8 heteroatoms. The molecule has 19 heavy (non-hydrogen) atoms. The van der Waals surface area contributed by atoms with Gasteiger partial charge in [0.25, 0.3) is 0 Å². The Hall–Kier alpha value is -1.38. The molecule has 2 unspecified atom stereocenters. The number of nitrogens with zero attached hydrogens (tertiary/aromatic N) is 4. The van der Waals surface area contributed by atoms with E-state index in [1.165, 1.54) is 6.33 Å². The van der Waals surface area contributed by atoms with E-state index < -0.39 is 12.2 Å². The maximum Gasteiger partial charge on any atom is 0.165 e. The molecule has 0 saturated heterocycles. The molecular weight excluding hydrogens is 266 g/mol. The van der Waals surface area contributed by atoms with E-state index in [4.69, 9.17) is 5.73 Å². The van der Waals surface area contributed by atoms with Gasteiger partial charge in [-0.05, 0) is 18.1 Å². The average Bonchev–Trinajstić information content (AvgIpc) is 2.94. The topological polar surface area (TPSA) is 110 Å². The van der Waals surface area contributed by atoms with E-state index >= 15 is 0 Å². The summed E-state index contributed by atoms with van der Waals surface area (Å²) in [4.78, 5) is 12.2. The van der Waals surface area contributed by atoms with Gasteiger partial charge in [-0.25, -0.2) is 15.0 Å². The van der Waals surface area contributed by atoms with Crippen LogP contribution in [0.2, 0.25) is 0 Å². The molecule has 0 bridgehead atoms. The molecule has 1 aliphatic carbocycles. The lowest BCUT2D eigenvalue weighted by molar-refractivity contribution is 0.0104. The van der Waals surface area contributed by atoms with Crippen LogP contribution in [0.15, 0.2) is 12.7 Å². The smallest absolute Gasteiger partial charge is 0.165 e. The Bertz CT molecular complexity index is 604. The number of hydrogen-bond acceptors (Lipinski definition) is 7. The Labute approximate surface area is 114 Å². The standard InChI is InChI=1S/C11H15N5O2S/c12-10-7-11(14-3-13-10)16(4-15-7)6-1-5(2-19)8(17)9(6)18/h3-6,8-9,17-19H,1-2H2,(H2,12,13,14)/t5-,6-,8?,9?/m1/s1. The molecule has 1 fully saturated rings. The third kappa shape index (κ3) is 1.87. The molecule has 2 heterocycles. The molecule has 0 aliphatic heterocycles. The number of aromatic nitrogens is 4. The summed E-state index contributed by atoms with van der Waals surface area (Å²) in [6, 6.07) is -0.272. The van der Waals surface area contributed by atoms with E-state index in [-0.39, 0.29) is 12.0 Å². The molecule has 4 atom stereocenters. The average molecular weight is 281 g/mol. The molecule has 2 aromatic heterocycles. The third-order valence-corrected chi connectivity index (χ3v) is 4.22. The highest BCUT2D eigenvalue weighted by Gasteiger charge is 2.42. The van der Waals surface area contributed by atoms with Gasteiger partial charge in [0.2, 0.25) is 0 Å². The van der Waals surface area contributed by atoms with Crippen LogP contribution >= 0.6 is 12.6 Å². The number of fused-ring (bicyclic) bond motifs is 1. The molecule has 0 aromatic carbocycles. The Balaban J connectivity index is 2.04. The van der Waals surface area contributed by atoms with E-state index in [9.17, 15) is 10.2 Å². The minimum atomic E-state index is -0.856. The first kappa shape index (κ1) is 12.6. The number of anilines is 1. The molecule has 7 nitrogen and oxygen atoms in total. The Kier molecular flexibility index (Phi) is 3.08. The molecule has 1 aliphatic rings. The van der Waals surface area contributed by atoms with E-state index in [0.717, 1.165) is 0 Å². The van der Waals surface area contributed by atoms with Gasteiger partial charge in [-0.2, -0.15) is 12.6 Å². The van der Waals surface area contributed by atoms with Crippen molar-refractivity contribution in [3.8, 4) is 0 Å². The highest BCUT2D eigenvalue weighted by atomic mass is 32.1. The van der Waals surface area contributed by atoms with Gasteiger partial charge in [0, 0.05) is 0 Å². The lowest BCUT2D eigenvalue weighted by Crippen LogP contribution is -2.29. The summed E-state index contributed by atoms with van der Waals surface area (Å²) in [5.41, 5.74) is 6.82. The summed E-state index contributed by atoms with van der Waals surface area (Å²) in [5, 5.41) is 20.1. The second-order valence-corrected chi connectivity index (χ2v) is 5.17. The molecule has 4 N–H and O–H groups in total. The van der Waals surface area contributed by atoms with E-state index in [2.05, 4.69) is 27.6 Å². The van der Waals surface area contributed by atoms with Gasteiger partial charge >= 0.3 is 0 Å². The van der Waals surface area contributed by atoms with Crippen LogP contribution in [0.25, 0.3) is 11.2 Å². The predicted octanol–water partition coefficient (Wildman–Crippen LogP) is -0.379. The van der Waals surface area contributed by atoms with Crippen molar-refractivity contribution in [2.45, 2.75) is 24.7 Å². The summed E-state index contributed by atoms with van der Waals surface area (Å²) in [7, 11) is 0. The van der Waals surface area contributed by atoms with Crippen LogP contribution in [0.1, 0.15) is 12.5 Å². The van der Waals surface area contributed by atoms with Gasteiger partial charge in [-0.15, -0.1) is 0 Å². The van der Waals surface area contributed by atoms with Crippen LogP contribution in [0.4, 0.5) is 5.82 Å². The van der Waals surface area contributed by atoms with Crippen LogP contribution in [-0.4, -0.2) is 47.7 Å².